The minimum atomic E-state index is -0.311. The fraction of sp³-hybridized carbons (Fsp3) is 0.263. The Balaban J connectivity index is 1.64. The van der Waals surface area contributed by atoms with Crippen LogP contribution in [0.4, 0.5) is 5.95 Å². The molecule has 150 valence electrons. The van der Waals surface area contributed by atoms with E-state index in [1.165, 1.54) is 6.20 Å². The maximum atomic E-state index is 12.6. The van der Waals surface area contributed by atoms with E-state index in [1.54, 1.807) is 36.0 Å². The number of amides is 1. The number of H-pyrrole nitrogens is 1. The second-order valence-electron chi connectivity index (χ2n) is 6.47. The predicted molar refractivity (Wildman–Crippen MR) is 107 cm³/mol. The second-order valence-corrected chi connectivity index (χ2v) is 6.47. The van der Waals surface area contributed by atoms with Gasteiger partial charge in [-0.1, -0.05) is 0 Å². The number of nitrogens with zero attached hydrogens (tertiary/aromatic N) is 5. The van der Waals surface area contributed by atoms with Crippen LogP contribution in [-0.2, 0) is 18.3 Å². The number of aromatic amines is 1. The van der Waals surface area contributed by atoms with E-state index in [9.17, 15) is 4.79 Å². The zero-order chi connectivity index (χ0) is 20.4. The van der Waals surface area contributed by atoms with Gasteiger partial charge in [0.2, 0.25) is 5.95 Å². The van der Waals surface area contributed by atoms with Gasteiger partial charge in [0.1, 0.15) is 16.8 Å². The van der Waals surface area contributed by atoms with Gasteiger partial charge in [-0.05, 0) is 12.1 Å². The number of rotatable bonds is 7. The summed E-state index contributed by atoms with van der Waals surface area (Å²) in [7, 11) is 5.06. The van der Waals surface area contributed by atoms with Crippen molar-refractivity contribution >= 4 is 22.9 Å². The first-order chi connectivity index (χ1) is 14.1. The lowest BCUT2D eigenvalue weighted by molar-refractivity contribution is 0.102. The third kappa shape index (κ3) is 3.69. The molecule has 3 aromatic heterocycles. The molecule has 29 heavy (non-hydrogen) atoms. The van der Waals surface area contributed by atoms with Gasteiger partial charge in [0, 0.05) is 37.7 Å². The van der Waals surface area contributed by atoms with Gasteiger partial charge < -0.3 is 14.5 Å². The van der Waals surface area contributed by atoms with Gasteiger partial charge in [0.25, 0.3) is 5.91 Å². The number of imidazole rings is 1. The lowest BCUT2D eigenvalue weighted by Crippen LogP contribution is -2.12. The summed E-state index contributed by atoms with van der Waals surface area (Å²) in [5.41, 5.74) is 3.62. The first kappa shape index (κ1) is 18.7. The van der Waals surface area contributed by atoms with Crippen LogP contribution in [0, 0.1) is 0 Å². The molecule has 0 radical (unpaired) electrons. The van der Waals surface area contributed by atoms with Gasteiger partial charge in [-0.15, -0.1) is 0 Å². The van der Waals surface area contributed by atoms with Crippen molar-refractivity contribution in [3.05, 3.63) is 42.5 Å². The highest BCUT2D eigenvalue weighted by atomic mass is 16.5. The first-order valence-electron chi connectivity index (χ1n) is 8.97. The lowest BCUT2D eigenvalue weighted by atomic mass is 10.1. The average Bonchev–Trinajstić information content (AvgIpc) is 3.44. The number of anilines is 1. The Morgan fingerprint density at radius 1 is 1.21 bits per heavy atom. The highest BCUT2D eigenvalue weighted by Gasteiger charge is 2.17. The molecule has 4 aromatic rings. The normalized spacial score (nSPS) is 11.1. The van der Waals surface area contributed by atoms with E-state index in [1.807, 2.05) is 25.4 Å². The summed E-state index contributed by atoms with van der Waals surface area (Å²) >= 11 is 0. The number of hydrogen-bond acceptors (Lipinski definition) is 6. The van der Waals surface area contributed by atoms with Crippen LogP contribution in [-0.4, -0.2) is 56.3 Å². The number of hydrogen-bond donors (Lipinski definition) is 2. The number of nitrogens with one attached hydrogen (secondary N) is 2. The summed E-state index contributed by atoms with van der Waals surface area (Å²) in [6.45, 7) is 1.09. The minimum absolute atomic E-state index is 0.311. The molecule has 0 saturated carbocycles. The van der Waals surface area contributed by atoms with Gasteiger partial charge in [0.15, 0.2) is 0 Å². The van der Waals surface area contributed by atoms with Crippen LogP contribution in [0.2, 0.25) is 0 Å². The Hall–Kier alpha value is -3.66. The minimum Gasteiger partial charge on any atom is -0.494 e. The maximum Gasteiger partial charge on any atom is 0.261 e. The zero-order valence-corrected chi connectivity index (χ0v) is 16.3. The number of aromatic nitrogens is 6. The number of ether oxygens (including phenoxy) is 2. The number of benzene rings is 1. The van der Waals surface area contributed by atoms with E-state index in [-0.39, 0.29) is 5.91 Å². The summed E-state index contributed by atoms with van der Waals surface area (Å²) in [5, 5.41) is 11.2. The number of carbonyl (C=O) groups excluding carboxylic acids is 1. The zero-order valence-electron chi connectivity index (χ0n) is 16.3. The maximum absolute atomic E-state index is 12.6. The van der Waals surface area contributed by atoms with Gasteiger partial charge in [-0.3, -0.25) is 19.5 Å². The Morgan fingerprint density at radius 2 is 2.07 bits per heavy atom. The van der Waals surface area contributed by atoms with Crippen molar-refractivity contribution in [3.8, 4) is 16.9 Å². The predicted octanol–water partition coefficient (Wildman–Crippen LogP) is 2.07. The standard InChI is InChI=1S/C19H21N7O3/c1-25-10-12(8-20-25)14-4-5-15(29-3)17-16(14)22-19(23-17)24-18(27)13-9-21-26(11-13)6-7-28-2/h4-5,8-11H,6-7H2,1-3H3,(H2,22,23,24,27). The fourth-order valence-corrected chi connectivity index (χ4v) is 3.06. The third-order valence-electron chi connectivity index (χ3n) is 4.49. The van der Waals surface area contributed by atoms with Crippen LogP contribution in [0.3, 0.4) is 0 Å². The van der Waals surface area contributed by atoms with Gasteiger partial charge >= 0.3 is 0 Å². The summed E-state index contributed by atoms with van der Waals surface area (Å²) in [6.07, 6.45) is 6.85. The van der Waals surface area contributed by atoms with Crippen molar-refractivity contribution in [2.45, 2.75) is 6.54 Å². The number of fused-ring (bicyclic) bond motifs is 1. The van der Waals surface area contributed by atoms with Crippen LogP contribution < -0.4 is 10.1 Å². The summed E-state index contributed by atoms with van der Waals surface area (Å²) in [6, 6.07) is 3.78. The molecule has 10 nitrogen and oxygen atoms in total. The van der Waals surface area contributed by atoms with E-state index in [2.05, 4.69) is 25.5 Å². The molecule has 0 aliphatic heterocycles. The molecule has 2 N–H and O–H groups in total. The molecule has 4 rings (SSSR count). The number of methoxy groups -OCH3 is 2. The van der Waals surface area contributed by atoms with Crippen LogP contribution >= 0.6 is 0 Å². The van der Waals surface area contributed by atoms with Crippen molar-refractivity contribution < 1.29 is 14.3 Å². The van der Waals surface area contributed by atoms with Gasteiger partial charge in [-0.25, -0.2) is 4.98 Å². The molecule has 3 heterocycles. The lowest BCUT2D eigenvalue weighted by Gasteiger charge is -2.04. The van der Waals surface area contributed by atoms with Crippen LogP contribution in [0.1, 0.15) is 10.4 Å². The van der Waals surface area contributed by atoms with E-state index < -0.39 is 0 Å². The van der Waals surface area contributed by atoms with E-state index in [0.717, 1.165) is 11.1 Å². The van der Waals surface area contributed by atoms with Crippen molar-refractivity contribution in [1.82, 2.24) is 29.5 Å². The molecule has 0 unspecified atom stereocenters. The monoisotopic (exact) mass is 395 g/mol. The number of carbonyl (C=O) groups is 1. The van der Waals surface area contributed by atoms with Crippen molar-refractivity contribution in [1.29, 1.82) is 0 Å². The van der Waals surface area contributed by atoms with E-state index in [4.69, 9.17) is 9.47 Å². The van der Waals surface area contributed by atoms with Crippen molar-refractivity contribution in [3.63, 3.8) is 0 Å². The van der Waals surface area contributed by atoms with Crippen LogP contribution in [0.5, 0.6) is 5.75 Å². The number of aryl methyl sites for hydroxylation is 1. The molecule has 0 saturated heterocycles. The summed E-state index contributed by atoms with van der Waals surface area (Å²) in [4.78, 5) is 20.3. The highest BCUT2D eigenvalue weighted by Crippen LogP contribution is 2.33. The quantitative estimate of drug-likeness (QED) is 0.495. The Bertz CT molecular complexity index is 1160. The van der Waals surface area contributed by atoms with E-state index >= 15 is 0 Å². The average molecular weight is 395 g/mol. The molecule has 1 aromatic carbocycles. The Morgan fingerprint density at radius 3 is 2.79 bits per heavy atom. The largest absolute Gasteiger partial charge is 0.494 e. The summed E-state index contributed by atoms with van der Waals surface area (Å²) in [5.74, 6) is 0.645. The van der Waals surface area contributed by atoms with E-state index in [0.29, 0.717) is 41.4 Å². The third-order valence-corrected chi connectivity index (χ3v) is 4.49. The molecule has 0 aliphatic rings. The Labute approximate surface area is 166 Å². The molecule has 1 amide bonds. The smallest absolute Gasteiger partial charge is 0.261 e. The highest BCUT2D eigenvalue weighted by molar-refractivity contribution is 6.04. The second kappa shape index (κ2) is 7.76. The van der Waals surface area contributed by atoms with Crippen molar-refractivity contribution in [2.75, 3.05) is 26.1 Å². The fourth-order valence-electron chi connectivity index (χ4n) is 3.06. The molecular weight excluding hydrogens is 374 g/mol. The topological polar surface area (TPSA) is 112 Å². The molecular formula is C19H21N7O3. The van der Waals surface area contributed by atoms with Crippen LogP contribution in [0.25, 0.3) is 22.2 Å². The van der Waals surface area contributed by atoms with Gasteiger partial charge in [0.05, 0.1) is 38.2 Å². The Kier molecular flexibility index (Phi) is 5.00. The molecule has 0 spiro atoms. The summed E-state index contributed by atoms with van der Waals surface area (Å²) < 4.78 is 13.8. The van der Waals surface area contributed by atoms with Crippen molar-refractivity contribution in [2.24, 2.45) is 7.05 Å². The first-order valence-corrected chi connectivity index (χ1v) is 8.97. The van der Waals surface area contributed by atoms with Crippen LogP contribution in [0.15, 0.2) is 36.9 Å². The molecule has 0 aliphatic carbocycles. The molecule has 10 heteroatoms. The molecule has 0 fully saturated rings. The molecule has 0 atom stereocenters. The van der Waals surface area contributed by atoms with Gasteiger partial charge in [-0.2, -0.15) is 10.2 Å². The molecule has 0 bridgehead atoms. The SMILES string of the molecule is COCCn1cc(C(=O)Nc2nc3c(-c4cnn(C)c4)ccc(OC)c3[nH]2)cn1.